The van der Waals surface area contributed by atoms with Gasteiger partial charge in [-0.15, -0.1) is 0 Å². The van der Waals surface area contributed by atoms with Crippen LogP contribution in [0.4, 0.5) is 0 Å². The molecular formula is C23H32O2. The molecule has 0 aliphatic heterocycles. The minimum Gasteiger partial charge on any atom is -0.493 e. The highest BCUT2D eigenvalue weighted by Crippen LogP contribution is 2.38. The van der Waals surface area contributed by atoms with E-state index < -0.39 is 0 Å². The van der Waals surface area contributed by atoms with Crippen LogP contribution >= 0.6 is 0 Å². The molecule has 136 valence electrons. The van der Waals surface area contributed by atoms with Gasteiger partial charge in [-0.1, -0.05) is 38.1 Å². The van der Waals surface area contributed by atoms with Crippen molar-refractivity contribution < 1.29 is 9.47 Å². The van der Waals surface area contributed by atoms with Crippen molar-refractivity contribution in [1.29, 1.82) is 0 Å². The van der Waals surface area contributed by atoms with Gasteiger partial charge in [0.1, 0.15) is 11.5 Å². The molecule has 0 atom stereocenters. The van der Waals surface area contributed by atoms with E-state index in [4.69, 9.17) is 9.47 Å². The quantitative estimate of drug-likeness (QED) is 0.638. The fourth-order valence-electron chi connectivity index (χ4n) is 3.53. The van der Waals surface area contributed by atoms with Gasteiger partial charge in [0.25, 0.3) is 0 Å². The number of aryl methyl sites for hydroxylation is 4. The average molecular weight is 341 g/mol. The number of benzene rings is 2. The summed E-state index contributed by atoms with van der Waals surface area (Å²) in [5.74, 6) is 2.03. The Labute approximate surface area is 153 Å². The molecule has 0 aliphatic carbocycles. The van der Waals surface area contributed by atoms with Crippen LogP contribution in [0.15, 0.2) is 24.3 Å². The van der Waals surface area contributed by atoms with Crippen molar-refractivity contribution in [2.45, 2.75) is 60.8 Å². The van der Waals surface area contributed by atoms with E-state index in [1.807, 2.05) is 13.8 Å². The zero-order valence-electron chi connectivity index (χ0n) is 17.0. The van der Waals surface area contributed by atoms with Crippen LogP contribution in [0.3, 0.4) is 0 Å². The molecule has 2 heteroatoms. The molecule has 0 aliphatic rings. The Hall–Kier alpha value is -1.96. The number of hydrogen-bond acceptors (Lipinski definition) is 2. The molecule has 0 amide bonds. The molecule has 0 saturated heterocycles. The van der Waals surface area contributed by atoms with E-state index in [-0.39, 0.29) is 5.41 Å². The molecule has 0 unspecified atom stereocenters. The van der Waals surface area contributed by atoms with Crippen LogP contribution in [0.5, 0.6) is 11.5 Å². The number of hydrogen-bond donors (Lipinski definition) is 0. The van der Waals surface area contributed by atoms with Crippen molar-refractivity contribution in [3.63, 3.8) is 0 Å². The smallest absolute Gasteiger partial charge is 0.125 e. The van der Waals surface area contributed by atoms with Crippen LogP contribution in [0.1, 0.15) is 61.1 Å². The van der Waals surface area contributed by atoms with E-state index in [0.29, 0.717) is 13.2 Å². The molecule has 0 spiro atoms. The zero-order chi connectivity index (χ0) is 18.8. The molecule has 0 fully saturated rings. The lowest BCUT2D eigenvalue weighted by Crippen LogP contribution is -2.20. The number of rotatable bonds is 6. The molecule has 0 aromatic heterocycles. The van der Waals surface area contributed by atoms with E-state index >= 15 is 0 Å². The molecule has 0 radical (unpaired) electrons. The van der Waals surface area contributed by atoms with Crippen molar-refractivity contribution in [2.24, 2.45) is 0 Å². The average Bonchev–Trinajstić information content (AvgIpc) is 2.53. The zero-order valence-corrected chi connectivity index (χ0v) is 17.0. The highest BCUT2D eigenvalue weighted by Gasteiger charge is 2.26. The standard InChI is InChI=1S/C23H32O2/c1-9-24-21-15(3)11-19(12-16(21)4)23(7,8)20-13-17(5)22(25-10-2)18(6)14-20/h11-14H,9-10H2,1-8H3. The predicted octanol–water partition coefficient (Wildman–Crippen LogP) is 6.04. The maximum Gasteiger partial charge on any atom is 0.125 e. The van der Waals surface area contributed by atoms with Crippen molar-refractivity contribution in [3.05, 3.63) is 57.6 Å². The van der Waals surface area contributed by atoms with Gasteiger partial charge in [0.05, 0.1) is 13.2 Å². The van der Waals surface area contributed by atoms with Gasteiger partial charge in [0, 0.05) is 5.41 Å². The monoisotopic (exact) mass is 340 g/mol. The maximum atomic E-state index is 5.81. The Morgan fingerprint density at radius 1 is 0.640 bits per heavy atom. The van der Waals surface area contributed by atoms with Crippen molar-refractivity contribution in [2.75, 3.05) is 13.2 Å². The minimum atomic E-state index is -0.0828. The summed E-state index contributed by atoms with van der Waals surface area (Å²) in [6, 6.07) is 9.05. The summed E-state index contributed by atoms with van der Waals surface area (Å²) in [6.45, 7) is 18.6. The van der Waals surface area contributed by atoms with E-state index in [1.165, 1.54) is 33.4 Å². The fourth-order valence-corrected chi connectivity index (χ4v) is 3.53. The molecule has 2 aromatic rings. The van der Waals surface area contributed by atoms with Gasteiger partial charge < -0.3 is 9.47 Å². The van der Waals surface area contributed by atoms with Gasteiger partial charge in [-0.3, -0.25) is 0 Å². The summed E-state index contributed by atoms with van der Waals surface area (Å²) in [5, 5.41) is 0. The first-order valence-corrected chi connectivity index (χ1v) is 9.21. The summed E-state index contributed by atoms with van der Waals surface area (Å²) in [4.78, 5) is 0. The minimum absolute atomic E-state index is 0.0828. The first-order valence-electron chi connectivity index (χ1n) is 9.21. The van der Waals surface area contributed by atoms with Gasteiger partial charge >= 0.3 is 0 Å². The first kappa shape index (κ1) is 19.4. The van der Waals surface area contributed by atoms with E-state index in [9.17, 15) is 0 Å². The van der Waals surface area contributed by atoms with E-state index in [0.717, 1.165) is 11.5 Å². The molecule has 25 heavy (non-hydrogen) atoms. The summed E-state index contributed by atoms with van der Waals surface area (Å²) < 4.78 is 11.6. The normalized spacial score (nSPS) is 11.5. The third kappa shape index (κ3) is 3.84. The maximum absolute atomic E-state index is 5.81. The Morgan fingerprint density at radius 3 is 1.16 bits per heavy atom. The van der Waals surface area contributed by atoms with Crippen molar-refractivity contribution >= 4 is 0 Å². The topological polar surface area (TPSA) is 18.5 Å². The summed E-state index contributed by atoms with van der Waals surface area (Å²) in [5.41, 5.74) is 7.34. The summed E-state index contributed by atoms with van der Waals surface area (Å²) >= 11 is 0. The Bertz CT molecular complexity index is 647. The van der Waals surface area contributed by atoms with Gasteiger partial charge in [0.2, 0.25) is 0 Å². The lowest BCUT2D eigenvalue weighted by molar-refractivity contribution is 0.335. The predicted molar refractivity (Wildman–Crippen MR) is 106 cm³/mol. The van der Waals surface area contributed by atoms with Crippen molar-refractivity contribution in [1.82, 2.24) is 0 Å². The highest BCUT2D eigenvalue weighted by atomic mass is 16.5. The fraction of sp³-hybridized carbons (Fsp3) is 0.478. The van der Waals surface area contributed by atoms with E-state index in [1.54, 1.807) is 0 Å². The highest BCUT2D eigenvalue weighted by molar-refractivity contribution is 5.52. The second kappa shape index (κ2) is 7.51. The van der Waals surface area contributed by atoms with Gasteiger partial charge in [-0.05, 0) is 74.9 Å². The van der Waals surface area contributed by atoms with Gasteiger partial charge in [-0.25, -0.2) is 0 Å². The summed E-state index contributed by atoms with van der Waals surface area (Å²) in [7, 11) is 0. The lowest BCUT2D eigenvalue weighted by atomic mass is 9.76. The first-order chi connectivity index (χ1) is 11.7. The molecule has 0 heterocycles. The Kier molecular flexibility index (Phi) is 5.82. The number of ether oxygens (including phenoxy) is 2. The third-order valence-corrected chi connectivity index (χ3v) is 4.94. The van der Waals surface area contributed by atoms with Gasteiger partial charge in [-0.2, -0.15) is 0 Å². The van der Waals surface area contributed by atoms with Gasteiger partial charge in [0.15, 0.2) is 0 Å². The van der Waals surface area contributed by atoms with Crippen LogP contribution in [-0.4, -0.2) is 13.2 Å². The molecule has 0 saturated carbocycles. The summed E-state index contributed by atoms with van der Waals surface area (Å²) in [6.07, 6.45) is 0. The van der Waals surface area contributed by atoms with E-state index in [2.05, 4.69) is 65.8 Å². The van der Waals surface area contributed by atoms with Crippen LogP contribution in [0.2, 0.25) is 0 Å². The third-order valence-electron chi connectivity index (χ3n) is 4.94. The molecule has 0 bridgehead atoms. The molecule has 0 N–H and O–H groups in total. The molecule has 2 nitrogen and oxygen atoms in total. The lowest BCUT2D eigenvalue weighted by Gasteiger charge is -2.29. The largest absolute Gasteiger partial charge is 0.493 e. The van der Waals surface area contributed by atoms with Crippen LogP contribution in [0.25, 0.3) is 0 Å². The van der Waals surface area contributed by atoms with Crippen LogP contribution < -0.4 is 9.47 Å². The van der Waals surface area contributed by atoms with Crippen LogP contribution in [0, 0.1) is 27.7 Å². The molecule has 2 rings (SSSR count). The Morgan fingerprint density at radius 2 is 0.920 bits per heavy atom. The molecular weight excluding hydrogens is 308 g/mol. The second-order valence-electron chi connectivity index (χ2n) is 7.37. The van der Waals surface area contributed by atoms with Crippen molar-refractivity contribution in [3.8, 4) is 11.5 Å². The second-order valence-corrected chi connectivity index (χ2v) is 7.37. The molecule has 2 aromatic carbocycles. The SMILES string of the molecule is CCOc1c(C)cc(C(C)(C)c2cc(C)c(OCC)c(C)c2)cc1C. The van der Waals surface area contributed by atoms with Crippen LogP contribution in [-0.2, 0) is 5.41 Å². The Balaban J connectivity index is 2.52.